The summed E-state index contributed by atoms with van der Waals surface area (Å²) in [6.07, 6.45) is 6.14. The molecule has 0 aromatic rings. The van der Waals surface area contributed by atoms with E-state index in [2.05, 4.69) is 12.1 Å². The Morgan fingerprint density at radius 3 is 2.75 bits per heavy atom. The van der Waals surface area contributed by atoms with E-state index >= 15 is 0 Å². The van der Waals surface area contributed by atoms with Crippen molar-refractivity contribution in [1.29, 1.82) is 5.26 Å². The third-order valence-electron chi connectivity index (χ3n) is 1.98. The predicted molar refractivity (Wildman–Crippen MR) is 50.8 cm³/mol. The molecule has 0 radical (unpaired) electrons. The molecule has 2 nitrogen and oxygen atoms in total. The molecule has 0 atom stereocenters. The van der Waals surface area contributed by atoms with Gasteiger partial charge in [-0.3, -0.25) is 0 Å². The lowest BCUT2D eigenvalue weighted by molar-refractivity contribution is 0.0785. The highest BCUT2D eigenvalue weighted by Crippen LogP contribution is 2.21. The fourth-order valence-electron chi connectivity index (χ4n) is 1.25. The molecule has 0 aromatic carbocycles. The number of allylic oxidation sites excluding steroid dienone is 2. The number of rotatable bonds is 2. The first kappa shape index (κ1) is 9.63. The SMILES string of the molecule is CS/C(C#N)=C\C1CCOCC1. The molecule has 0 saturated carbocycles. The van der Waals surface area contributed by atoms with Crippen molar-refractivity contribution < 1.29 is 4.74 Å². The van der Waals surface area contributed by atoms with Crippen LogP contribution in [-0.2, 0) is 4.74 Å². The Morgan fingerprint density at radius 2 is 2.25 bits per heavy atom. The van der Waals surface area contributed by atoms with E-state index in [9.17, 15) is 0 Å². The Bertz CT molecular complexity index is 201. The summed E-state index contributed by atoms with van der Waals surface area (Å²) in [5.41, 5.74) is 0. The van der Waals surface area contributed by atoms with Crippen LogP contribution in [0, 0.1) is 17.2 Å². The van der Waals surface area contributed by atoms with Crippen LogP contribution >= 0.6 is 11.8 Å². The fourth-order valence-corrected chi connectivity index (χ4v) is 1.67. The van der Waals surface area contributed by atoms with Crippen molar-refractivity contribution in [1.82, 2.24) is 0 Å². The van der Waals surface area contributed by atoms with Gasteiger partial charge in [0.05, 0.1) is 4.91 Å². The Balaban J connectivity index is 2.46. The minimum absolute atomic E-state index is 0.556. The third kappa shape index (κ3) is 2.88. The predicted octanol–water partition coefficient (Wildman–Crippen LogP) is 2.18. The first-order valence-electron chi connectivity index (χ1n) is 4.10. The van der Waals surface area contributed by atoms with Crippen LogP contribution < -0.4 is 0 Å². The van der Waals surface area contributed by atoms with Crippen molar-refractivity contribution in [2.24, 2.45) is 5.92 Å². The third-order valence-corrected chi connectivity index (χ3v) is 2.65. The van der Waals surface area contributed by atoms with Crippen molar-refractivity contribution in [3.8, 4) is 6.07 Å². The molecule has 0 bridgehead atoms. The van der Waals surface area contributed by atoms with Gasteiger partial charge >= 0.3 is 0 Å². The van der Waals surface area contributed by atoms with Gasteiger partial charge in [0.1, 0.15) is 6.07 Å². The smallest absolute Gasteiger partial charge is 0.106 e. The first-order valence-corrected chi connectivity index (χ1v) is 5.33. The number of nitrogens with zero attached hydrogens (tertiary/aromatic N) is 1. The molecule has 0 aromatic heterocycles. The van der Waals surface area contributed by atoms with Crippen molar-refractivity contribution in [2.75, 3.05) is 19.5 Å². The number of hydrogen-bond donors (Lipinski definition) is 0. The molecule has 0 spiro atoms. The van der Waals surface area contributed by atoms with Crippen molar-refractivity contribution in [3.05, 3.63) is 11.0 Å². The van der Waals surface area contributed by atoms with Crippen LogP contribution in [0.4, 0.5) is 0 Å². The highest BCUT2D eigenvalue weighted by molar-refractivity contribution is 8.02. The molecule has 1 saturated heterocycles. The lowest BCUT2D eigenvalue weighted by atomic mass is 10.0. The van der Waals surface area contributed by atoms with Crippen LogP contribution in [0.1, 0.15) is 12.8 Å². The molecule has 1 aliphatic heterocycles. The number of ether oxygens (including phenoxy) is 1. The summed E-state index contributed by atoms with van der Waals surface area (Å²) in [5, 5.41) is 8.69. The normalized spacial score (nSPS) is 20.5. The standard InChI is InChI=1S/C9H13NOS/c1-12-9(7-10)6-8-2-4-11-5-3-8/h6,8H,2-5H2,1H3/b9-6-. The van der Waals surface area contributed by atoms with Gasteiger partial charge in [0.2, 0.25) is 0 Å². The molecular formula is C9H13NOS. The number of nitriles is 1. The quantitative estimate of drug-likeness (QED) is 0.615. The first-order chi connectivity index (χ1) is 5.86. The number of hydrogen-bond acceptors (Lipinski definition) is 3. The average Bonchev–Trinajstić information content (AvgIpc) is 2.16. The van der Waals surface area contributed by atoms with E-state index in [-0.39, 0.29) is 0 Å². The Hall–Kier alpha value is -0.460. The van der Waals surface area contributed by atoms with Gasteiger partial charge < -0.3 is 4.74 Å². The maximum Gasteiger partial charge on any atom is 0.106 e. The molecule has 0 N–H and O–H groups in total. The van der Waals surface area contributed by atoms with Gasteiger partial charge in [-0.1, -0.05) is 6.08 Å². The second kappa shape index (κ2) is 5.23. The van der Waals surface area contributed by atoms with Gasteiger partial charge in [-0.05, 0) is 25.0 Å². The monoisotopic (exact) mass is 183 g/mol. The zero-order valence-electron chi connectivity index (χ0n) is 7.25. The Labute approximate surface area is 77.6 Å². The molecule has 1 aliphatic rings. The van der Waals surface area contributed by atoms with Crippen LogP contribution in [0.2, 0.25) is 0 Å². The summed E-state index contributed by atoms with van der Waals surface area (Å²) >= 11 is 1.52. The summed E-state index contributed by atoms with van der Waals surface area (Å²) < 4.78 is 5.23. The van der Waals surface area contributed by atoms with E-state index in [1.54, 1.807) is 0 Å². The largest absolute Gasteiger partial charge is 0.381 e. The summed E-state index contributed by atoms with van der Waals surface area (Å²) in [6, 6.07) is 2.18. The van der Waals surface area contributed by atoms with E-state index in [1.807, 2.05) is 6.26 Å². The van der Waals surface area contributed by atoms with Crippen LogP contribution in [0.3, 0.4) is 0 Å². The topological polar surface area (TPSA) is 33.0 Å². The molecule has 3 heteroatoms. The maximum absolute atomic E-state index is 8.69. The van der Waals surface area contributed by atoms with E-state index in [4.69, 9.17) is 10.00 Å². The highest BCUT2D eigenvalue weighted by atomic mass is 32.2. The molecule has 0 unspecified atom stereocenters. The van der Waals surface area contributed by atoms with E-state index in [1.165, 1.54) is 11.8 Å². The minimum Gasteiger partial charge on any atom is -0.381 e. The zero-order chi connectivity index (χ0) is 8.81. The van der Waals surface area contributed by atoms with Gasteiger partial charge in [-0.25, -0.2) is 0 Å². The molecule has 0 aliphatic carbocycles. The molecular weight excluding hydrogens is 170 g/mol. The summed E-state index contributed by atoms with van der Waals surface area (Å²) in [7, 11) is 0. The summed E-state index contributed by atoms with van der Waals surface area (Å²) in [5.74, 6) is 0.556. The van der Waals surface area contributed by atoms with Gasteiger partial charge in [-0.15, -0.1) is 11.8 Å². The fraction of sp³-hybridized carbons (Fsp3) is 0.667. The second-order valence-electron chi connectivity index (χ2n) is 2.80. The van der Waals surface area contributed by atoms with Crippen molar-refractivity contribution >= 4 is 11.8 Å². The maximum atomic E-state index is 8.69. The Kier molecular flexibility index (Phi) is 4.20. The van der Waals surface area contributed by atoms with E-state index in [0.717, 1.165) is 31.0 Å². The van der Waals surface area contributed by atoms with Crippen LogP contribution in [-0.4, -0.2) is 19.5 Å². The average molecular weight is 183 g/mol. The highest BCUT2D eigenvalue weighted by Gasteiger charge is 2.11. The van der Waals surface area contributed by atoms with Gasteiger partial charge in [0, 0.05) is 13.2 Å². The van der Waals surface area contributed by atoms with Crippen molar-refractivity contribution in [2.45, 2.75) is 12.8 Å². The molecule has 0 amide bonds. The van der Waals surface area contributed by atoms with E-state index in [0.29, 0.717) is 5.92 Å². The molecule has 1 heterocycles. The molecule has 1 fully saturated rings. The van der Waals surface area contributed by atoms with Crippen LogP contribution in [0.15, 0.2) is 11.0 Å². The molecule has 66 valence electrons. The van der Waals surface area contributed by atoms with E-state index < -0.39 is 0 Å². The number of thioether (sulfide) groups is 1. The Morgan fingerprint density at radius 1 is 1.58 bits per heavy atom. The lowest BCUT2D eigenvalue weighted by Crippen LogP contribution is -2.13. The zero-order valence-corrected chi connectivity index (χ0v) is 8.06. The molecule has 1 rings (SSSR count). The minimum atomic E-state index is 0.556. The van der Waals surface area contributed by atoms with Crippen LogP contribution in [0.25, 0.3) is 0 Å². The summed E-state index contributed by atoms with van der Waals surface area (Å²) in [4.78, 5) is 0.835. The van der Waals surface area contributed by atoms with Gasteiger partial charge in [0.15, 0.2) is 0 Å². The second-order valence-corrected chi connectivity index (χ2v) is 3.64. The van der Waals surface area contributed by atoms with Crippen molar-refractivity contribution in [3.63, 3.8) is 0 Å². The van der Waals surface area contributed by atoms with Crippen LogP contribution in [0.5, 0.6) is 0 Å². The lowest BCUT2D eigenvalue weighted by Gasteiger charge is -2.18. The van der Waals surface area contributed by atoms with Gasteiger partial charge in [0.25, 0.3) is 0 Å². The summed E-state index contributed by atoms with van der Waals surface area (Å²) in [6.45, 7) is 1.68. The molecule has 12 heavy (non-hydrogen) atoms. The van der Waals surface area contributed by atoms with Gasteiger partial charge in [-0.2, -0.15) is 5.26 Å².